The highest BCUT2D eigenvalue weighted by molar-refractivity contribution is 6.04. The van der Waals surface area contributed by atoms with E-state index in [1.165, 1.54) is 42.6 Å². The highest BCUT2D eigenvalue weighted by Crippen LogP contribution is 2.30. The van der Waals surface area contributed by atoms with E-state index in [1.807, 2.05) is 0 Å². The van der Waals surface area contributed by atoms with Crippen LogP contribution >= 0.6 is 0 Å². The summed E-state index contributed by atoms with van der Waals surface area (Å²) in [6.07, 6.45) is -2.03. The van der Waals surface area contributed by atoms with Crippen molar-refractivity contribution in [3.05, 3.63) is 66.1 Å². The molecule has 0 aliphatic heterocycles. The van der Waals surface area contributed by atoms with Gasteiger partial charge in [0, 0.05) is 17.4 Å². The van der Waals surface area contributed by atoms with E-state index in [2.05, 4.69) is 15.4 Å². The summed E-state index contributed by atoms with van der Waals surface area (Å²) in [6.45, 7) is 0. The van der Waals surface area contributed by atoms with Crippen LogP contribution in [0.2, 0.25) is 0 Å². The second-order valence-corrected chi connectivity index (χ2v) is 5.10. The van der Waals surface area contributed by atoms with Crippen LogP contribution in [0.4, 0.5) is 24.7 Å². The minimum Gasteiger partial charge on any atom is -0.384 e. The number of anilines is 2. The number of aromatic nitrogens is 3. The van der Waals surface area contributed by atoms with Crippen LogP contribution in [-0.4, -0.2) is 20.7 Å². The summed E-state index contributed by atoms with van der Waals surface area (Å²) in [5.41, 5.74) is 5.61. The van der Waals surface area contributed by atoms with Gasteiger partial charge in [0.25, 0.3) is 5.91 Å². The molecule has 0 spiro atoms. The van der Waals surface area contributed by atoms with E-state index < -0.39 is 17.8 Å². The van der Waals surface area contributed by atoms with Gasteiger partial charge in [-0.3, -0.25) is 4.79 Å². The monoisotopic (exact) mass is 347 g/mol. The predicted octanol–water partition coefficient (Wildman–Crippen LogP) is 3.12. The first kappa shape index (κ1) is 16.5. The normalized spacial score (nSPS) is 11.3. The zero-order chi connectivity index (χ0) is 18.0. The number of halogens is 3. The lowest BCUT2D eigenvalue weighted by Gasteiger charge is -2.11. The van der Waals surface area contributed by atoms with Crippen LogP contribution in [-0.2, 0) is 6.18 Å². The Morgan fingerprint density at radius 1 is 1.08 bits per heavy atom. The Hall–Kier alpha value is -3.36. The molecule has 3 aromatic rings. The number of carbonyl (C=O) groups excluding carboxylic acids is 1. The molecule has 9 heteroatoms. The number of nitrogens with zero attached hydrogens (tertiary/aromatic N) is 3. The number of nitrogens with one attached hydrogen (secondary N) is 1. The smallest absolute Gasteiger partial charge is 0.384 e. The van der Waals surface area contributed by atoms with Gasteiger partial charge in [0.15, 0.2) is 0 Å². The molecule has 1 aromatic carbocycles. The highest BCUT2D eigenvalue weighted by atomic mass is 19.4. The lowest BCUT2D eigenvalue weighted by atomic mass is 10.2. The number of pyridine rings is 1. The molecule has 0 bridgehead atoms. The van der Waals surface area contributed by atoms with E-state index in [4.69, 9.17) is 5.73 Å². The van der Waals surface area contributed by atoms with Crippen molar-refractivity contribution in [2.45, 2.75) is 6.18 Å². The molecular formula is C16H12F3N5O. The van der Waals surface area contributed by atoms with E-state index in [1.54, 1.807) is 0 Å². The van der Waals surface area contributed by atoms with Gasteiger partial charge in [-0.2, -0.15) is 18.3 Å². The summed E-state index contributed by atoms with van der Waals surface area (Å²) in [5, 5.41) is 6.32. The van der Waals surface area contributed by atoms with E-state index >= 15 is 0 Å². The van der Waals surface area contributed by atoms with Crippen LogP contribution in [0.15, 0.2) is 54.9 Å². The fourth-order valence-corrected chi connectivity index (χ4v) is 2.20. The molecule has 0 saturated carbocycles. The van der Waals surface area contributed by atoms with Crippen molar-refractivity contribution in [2.75, 3.05) is 11.1 Å². The summed E-state index contributed by atoms with van der Waals surface area (Å²) >= 11 is 0. The second-order valence-electron chi connectivity index (χ2n) is 5.10. The minimum absolute atomic E-state index is 0.210. The molecule has 3 N–H and O–H groups in total. The van der Waals surface area contributed by atoms with Crippen LogP contribution < -0.4 is 11.1 Å². The van der Waals surface area contributed by atoms with Crippen molar-refractivity contribution in [1.29, 1.82) is 0 Å². The molecule has 2 heterocycles. The van der Waals surface area contributed by atoms with Crippen LogP contribution in [0.5, 0.6) is 0 Å². The third kappa shape index (κ3) is 3.60. The van der Waals surface area contributed by atoms with Crippen LogP contribution in [0, 0.1) is 0 Å². The van der Waals surface area contributed by atoms with Crippen LogP contribution in [0.1, 0.15) is 16.1 Å². The molecule has 0 unspecified atom stereocenters. The van der Waals surface area contributed by atoms with Gasteiger partial charge in [-0.15, -0.1) is 0 Å². The Labute approximate surface area is 140 Å². The van der Waals surface area contributed by atoms with Gasteiger partial charge in [0.05, 0.1) is 11.9 Å². The van der Waals surface area contributed by atoms with Crippen molar-refractivity contribution in [1.82, 2.24) is 14.8 Å². The lowest BCUT2D eigenvalue weighted by Crippen LogP contribution is -2.14. The number of carbonyl (C=O) groups is 1. The average molecular weight is 347 g/mol. The quantitative estimate of drug-likeness (QED) is 0.762. The van der Waals surface area contributed by atoms with Gasteiger partial charge in [-0.05, 0) is 42.5 Å². The van der Waals surface area contributed by atoms with Crippen molar-refractivity contribution in [3.63, 3.8) is 0 Å². The molecule has 3 rings (SSSR count). The largest absolute Gasteiger partial charge is 0.433 e. The van der Waals surface area contributed by atoms with Gasteiger partial charge in [-0.1, -0.05) is 0 Å². The van der Waals surface area contributed by atoms with Gasteiger partial charge in [0.2, 0.25) is 0 Å². The Morgan fingerprint density at radius 3 is 2.44 bits per heavy atom. The van der Waals surface area contributed by atoms with Crippen molar-refractivity contribution in [3.8, 4) is 5.69 Å². The van der Waals surface area contributed by atoms with Gasteiger partial charge < -0.3 is 11.1 Å². The first-order valence-electron chi connectivity index (χ1n) is 7.09. The lowest BCUT2D eigenvalue weighted by molar-refractivity contribution is -0.142. The molecule has 0 atom stereocenters. The van der Waals surface area contributed by atoms with E-state index in [-0.39, 0.29) is 11.5 Å². The fourth-order valence-electron chi connectivity index (χ4n) is 2.20. The minimum atomic E-state index is -4.51. The maximum atomic E-state index is 12.9. The standard InChI is InChI=1S/C16H12F3N5O/c17-16(18,19)13-6-8-22-24(13)12-3-1-11(2-4-12)23-15(25)10-5-7-21-14(20)9-10/h1-9H,(H2,20,21)(H,23,25). The summed E-state index contributed by atoms with van der Waals surface area (Å²) in [5.74, 6) is -0.196. The summed E-state index contributed by atoms with van der Waals surface area (Å²) < 4.78 is 39.5. The number of hydrogen-bond acceptors (Lipinski definition) is 4. The molecule has 0 fully saturated rings. The first-order chi connectivity index (χ1) is 11.8. The van der Waals surface area contributed by atoms with Crippen molar-refractivity contribution < 1.29 is 18.0 Å². The second kappa shape index (κ2) is 6.27. The molecule has 128 valence electrons. The average Bonchev–Trinajstić information content (AvgIpc) is 3.05. The molecule has 0 radical (unpaired) electrons. The molecule has 0 aliphatic carbocycles. The SMILES string of the molecule is Nc1cc(C(=O)Nc2ccc(-n3nccc3C(F)(F)F)cc2)ccn1. The molecule has 0 saturated heterocycles. The molecular weight excluding hydrogens is 335 g/mol. The number of nitrogen functional groups attached to an aromatic ring is 1. The number of amides is 1. The zero-order valence-corrected chi connectivity index (χ0v) is 12.7. The Bertz CT molecular complexity index is 903. The topological polar surface area (TPSA) is 85.8 Å². The highest BCUT2D eigenvalue weighted by Gasteiger charge is 2.35. The third-order valence-electron chi connectivity index (χ3n) is 3.35. The predicted molar refractivity (Wildman–Crippen MR) is 85.2 cm³/mol. The van der Waals surface area contributed by atoms with Crippen LogP contribution in [0.3, 0.4) is 0 Å². The molecule has 6 nitrogen and oxygen atoms in total. The van der Waals surface area contributed by atoms with E-state index in [9.17, 15) is 18.0 Å². The van der Waals surface area contributed by atoms with Crippen molar-refractivity contribution >= 4 is 17.4 Å². The summed E-state index contributed by atoms with van der Waals surface area (Å²) in [7, 11) is 0. The molecule has 0 aliphatic rings. The summed E-state index contributed by atoms with van der Waals surface area (Å²) in [4.78, 5) is 15.9. The van der Waals surface area contributed by atoms with E-state index in [0.717, 1.165) is 16.9 Å². The van der Waals surface area contributed by atoms with Gasteiger partial charge in [0.1, 0.15) is 11.5 Å². The number of rotatable bonds is 3. The third-order valence-corrected chi connectivity index (χ3v) is 3.35. The summed E-state index contributed by atoms with van der Waals surface area (Å²) in [6, 6.07) is 9.64. The van der Waals surface area contributed by atoms with E-state index in [0.29, 0.717) is 11.3 Å². The fraction of sp³-hybridized carbons (Fsp3) is 0.0625. The maximum absolute atomic E-state index is 12.9. The van der Waals surface area contributed by atoms with Crippen LogP contribution in [0.25, 0.3) is 5.69 Å². The van der Waals surface area contributed by atoms with Crippen molar-refractivity contribution in [2.24, 2.45) is 0 Å². The number of nitrogens with two attached hydrogens (primary N) is 1. The number of hydrogen-bond donors (Lipinski definition) is 2. The maximum Gasteiger partial charge on any atom is 0.433 e. The number of benzene rings is 1. The first-order valence-corrected chi connectivity index (χ1v) is 7.09. The molecule has 2 aromatic heterocycles. The Kier molecular flexibility index (Phi) is 4.14. The molecule has 25 heavy (non-hydrogen) atoms. The van der Waals surface area contributed by atoms with Gasteiger partial charge in [-0.25, -0.2) is 9.67 Å². The molecule has 1 amide bonds. The Balaban J connectivity index is 1.79. The zero-order valence-electron chi connectivity index (χ0n) is 12.7. The van der Waals surface area contributed by atoms with Gasteiger partial charge >= 0.3 is 6.18 Å². The Morgan fingerprint density at radius 2 is 1.80 bits per heavy atom. The number of alkyl halides is 3.